The minimum atomic E-state index is -4.65. The highest BCUT2D eigenvalue weighted by Gasteiger charge is 2.35. The number of amidine groups is 1. The van der Waals surface area contributed by atoms with Gasteiger partial charge in [-0.05, 0) is 44.2 Å². The molecule has 2 heterocycles. The Hall–Kier alpha value is -3.12. The molecule has 0 atom stereocenters. The fourth-order valence-corrected chi connectivity index (χ4v) is 5.53. The van der Waals surface area contributed by atoms with Crippen LogP contribution in [0.1, 0.15) is 18.2 Å². The number of carbonyl (C=O) groups is 1. The third kappa shape index (κ3) is 4.73. The van der Waals surface area contributed by atoms with Crippen molar-refractivity contribution in [1.29, 1.82) is 0 Å². The van der Waals surface area contributed by atoms with Crippen LogP contribution in [0.25, 0.3) is 16.9 Å². The number of aromatic nitrogens is 2. The summed E-state index contributed by atoms with van der Waals surface area (Å²) in [7, 11) is -4.13. The summed E-state index contributed by atoms with van der Waals surface area (Å²) in [6, 6.07) is 13.1. The lowest BCUT2D eigenvalue weighted by Gasteiger charge is -2.12. The van der Waals surface area contributed by atoms with E-state index in [2.05, 4.69) is 9.50 Å². The van der Waals surface area contributed by atoms with Gasteiger partial charge in [-0.15, -0.1) is 4.40 Å². The first kappa shape index (κ1) is 24.0. The van der Waals surface area contributed by atoms with Crippen LogP contribution in [0.4, 0.5) is 13.2 Å². The molecule has 1 amide bonds. The maximum atomic E-state index is 13.4. The molecular formula is C22H19F3N4O3S2. The molecule has 2 aromatic carbocycles. The molecule has 1 saturated heterocycles. The second-order valence-electron chi connectivity index (χ2n) is 7.46. The zero-order valence-electron chi connectivity index (χ0n) is 18.1. The molecular weight excluding hydrogens is 489 g/mol. The number of sulfonamides is 1. The van der Waals surface area contributed by atoms with Crippen molar-refractivity contribution in [2.75, 3.05) is 12.3 Å². The van der Waals surface area contributed by atoms with Crippen molar-refractivity contribution < 1.29 is 26.4 Å². The van der Waals surface area contributed by atoms with E-state index in [1.165, 1.54) is 29.2 Å². The van der Waals surface area contributed by atoms with E-state index in [0.717, 1.165) is 28.1 Å². The molecule has 0 bridgehead atoms. The van der Waals surface area contributed by atoms with Gasteiger partial charge < -0.3 is 0 Å². The quantitative estimate of drug-likeness (QED) is 0.507. The summed E-state index contributed by atoms with van der Waals surface area (Å²) in [6.45, 7) is 3.87. The second kappa shape index (κ2) is 8.91. The van der Waals surface area contributed by atoms with Gasteiger partial charge >= 0.3 is 6.18 Å². The Morgan fingerprint density at radius 1 is 1.09 bits per heavy atom. The number of thioether (sulfide) groups is 1. The molecule has 1 fully saturated rings. The van der Waals surface area contributed by atoms with Crippen LogP contribution in [0.15, 0.2) is 63.9 Å². The maximum Gasteiger partial charge on any atom is 0.435 e. The number of aryl methyl sites for hydroxylation is 1. The third-order valence-electron chi connectivity index (χ3n) is 5.10. The van der Waals surface area contributed by atoms with Gasteiger partial charge in [0, 0.05) is 12.1 Å². The number of hydrogen-bond acceptors (Lipinski definition) is 5. The predicted octanol–water partition coefficient (Wildman–Crippen LogP) is 4.51. The molecule has 0 aliphatic carbocycles. The average Bonchev–Trinajstić information content (AvgIpc) is 3.38. The lowest BCUT2D eigenvalue weighted by Crippen LogP contribution is -2.29. The Balaban J connectivity index is 1.72. The van der Waals surface area contributed by atoms with E-state index in [4.69, 9.17) is 0 Å². The van der Waals surface area contributed by atoms with Crippen LogP contribution in [-0.4, -0.2) is 46.5 Å². The molecule has 0 saturated carbocycles. The van der Waals surface area contributed by atoms with E-state index in [1.807, 2.05) is 6.92 Å². The molecule has 7 nitrogen and oxygen atoms in total. The average molecular weight is 509 g/mol. The number of hydrogen-bond donors (Lipinski definition) is 0. The van der Waals surface area contributed by atoms with Crippen LogP contribution in [0.2, 0.25) is 0 Å². The summed E-state index contributed by atoms with van der Waals surface area (Å²) in [5.41, 5.74) is 0.875. The van der Waals surface area contributed by atoms with Gasteiger partial charge in [0.05, 0.1) is 22.0 Å². The standard InChI is InChI=1S/C22H19F3N4O3S2/c1-3-28-20(30)13-33-21(28)27-34(31,32)17-10-8-16(9-11-17)29-18(12-19(26-29)22(23,24)25)15-6-4-14(2)5-7-15/h4-12H,3,13H2,1-2H3/b27-21-. The van der Waals surface area contributed by atoms with E-state index in [0.29, 0.717) is 12.1 Å². The Bertz CT molecular complexity index is 1360. The van der Waals surface area contributed by atoms with E-state index in [9.17, 15) is 26.4 Å². The van der Waals surface area contributed by atoms with Crippen molar-refractivity contribution in [2.45, 2.75) is 24.9 Å². The number of amides is 1. The Kier molecular flexibility index (Phi) is 6.30. The Morgan fingerprint density at radius 3 is 2.32 bits per heavy atom. The van der Waals surface area contributed by atoms with Gasteiger partial charge in [0.2, 0.25) is 5.91 Å². The Morgan fingerprint density at radius 2 is 1.74 bits per heavy atom. The second-order valence-corrected chi connectivity index (χ2v) is 10.0. The molecule has 0 N–H and O–H groups in total. The normalized spacial score (nSPS) is 16.0. The number of alkyl halides is 3. The van der Waals surface area contributed by atoms with Crippen molar-refractivity contribution >= 4 is 32.9 Å². The first-order valence-corrected chi connectivity index (χ1v) is 12.5. The first-order valence-electron chi connectivity index (χ1n) is 10.1. The molecule has 12 heteroatoms. The maximum absolute atomic E-state index is 13.4. The first-order chi connectivity index (χ1) is 16.0. The minimum absolute atomic E-state index is 0.0973. The molecule has 0 unspecified atom stereocenters. The van der Waals surface area contributed by atoms with Gasteiger partial charge in [-0.2, -0.15) is 26.7 Å². The number of carbonyl (C=O) groups excluding carboxylic acids is 1. The largest absolute Gasteiger partial charge is 0.435 e. The molecule has 34 heavy (non-hydrogen) atoms. The number of rotatable bonds is 5. The molecule has 0 radical (unpaired) electrons. The molecule has 4 rings (SSSR count). The van der Waals surface area contributed by atoms with Gasteiger partial charge in [0.25, 0.3) is 10.0 Å². The highest BCUT2D eigenvalue weighted by atomic mass is 32.2. The predicted molar refractivity (Wildman–Crippen MR) is 123 cm³/mol. The minimum Gasteiger partial charge on any atom is -0.290 e. The summed E-state index contributed by atoms with van der Waals surface area (Å²) >= 11 is 1.04. The van der Waals surface area contributed by atoms with E-state index in [-0.39, 0.29) is 33.1 Å². The summed E-state index contributed by atoms with van der Waals surface area (Å²) < 4.78 is 70.5. The molecule has 178 valence electrons. The van der Waals surface area contributed by atoms with E-state index >= 15 is 0 Å². The summed E-state index contributed by atoms with van der Waals surface area (Å²) in [6.07, 6.45) is -4.65. The summed E-state index contributed by atoms with van der Waals surface area (Å²) in [5.74, 6) is -0.108. The van der Waals surface area contributed by atoms with Gasteiger partial charge in [-0.3, -0.25) is 9.69 Å². The van der Waals surface area contributed by atoms with Crippen molar-refractivity contribution in [3.05, 3.63) is 65.9 Å². The van der Waals surface area contributed by atoms with Crippen LogP contribution in [0.5, 0.6) is 0 Å². The highest BCUT2D eigenvalue weighted by molar-refractivity contribution is 8.15. The highest BCUT2D eigenvalue weighted by Crippen LogP contribution is 2.33. The van der Waals surface area contributed by atoms with Crippen LogP contribution >= 0.6 is 11.8 Å². The molecule has 1 aromatic heterocycles. The van der Waals surface area contributed by atoms with Crippen LogP contribution < -0.4 is 0 Å². The monoisotopic (exact) mass is 508 g/mol. The third-order valence-corrected chi connectivity index (χ3v) is 7.46. The van der Waals surface area contributed by atoms with Crippen molar-refractivity contribution in [3.8, 4) is 16.9 Å². The zero-order chi connectivity index (χ0) is 24.7. The van der Waals surface area contributed by atoms with Crippen LogP contribution in [0.3, 0.4) is 0 Å². The van der Waals surface area contributed by atoms with Crippen LogP contribution in [0, 0.1) is 6.92 Å². The summed E-state index contributed by atoms with van der Waals surface area (Å²) in [5, 5.41) is 3.82. The lowest BCUT2D eigenvalue weighted by molar-refractivity contribution is -0.141. The smallest absolute Gasteiger partial charge is 0.290 e. The molecule has 1 aliphatic heterocycles. The Labute approximate surface area is 198 Å². The van der Waals surface area contributed by atoms with E-state index < -0.39 is 21.9 Å². The number of halogens is 3. The number of benzene rings is 2. The summed E-state index contributed by atoms with van der Waals surface area (Å²) in [4.78, 5) is 13.0. The van der Waals surface area contributed by atoms with Crippen molar-refractivity contribution in [1.82, 2.24) is 14.7 Å². The van der Waals surface area contributed by atoms with Gasteiger partial charge in [0.15, 0.2) is 10.9 Å². The van der Waals surface area contributed by atoms with Crippen LogP contribution in [-0.2, 0) is 21.0 Å². The zero-order valence-corrected chi connectivity index (χ0v) is 19.7. The topological polar surface area (TPSA) is 84.6 Å². The van der Waals surface area contributed by atoms with Gasteiger partial charge in [-0.1, -0.05) is 41.6 Å². The SMILES string of the molecule is CCN1C(=O)CS/C1=N\S(=O)(=O)c1ccc(-n2nc(C(F)(F)F)cc2-c2ccc(C)cc2)cc1. The van der Waals surface area contributed by atoms with Crippen molar-refractivity contribution in [2.24, 2.45) is 4.40 Å². The fraction of sp³-hybridized carbons (Fsp3) is 0.227. The van der Waals surface area contributed by atoms with Crippen molar-refractivity contribution in [3.63, 3.8) is 0 Å². The fourth-order valence-electron chi connectivity index (χ4n) is 3.34. The molecule has 1 aliphatic rings. The van der Waals surface area contributed by atoms with Gasteiger partial charge in [0.1, 0.15) is 0 Å². The molecule has 0 spiro atoms. The number of nitrogens with zero attached hydrogens (tertiary/aromatic N) is 4. The lowest BCUT2D eigenvalue weighted by atomic mass is 10.1. The molecule has 3 aromatic rings. The van der Waals surface area contributed by atoms with Gasteiger partial charge in [-0.25, -0.2) is 4.68 Å². The van der Waals surface area contributed by atoms with E-state index in [1.54, 1.807) is 31.2 Å².